The van der Waals surface area contributed by atoms with Crippen molar-refractivity contribution in [2.45, 2.75) is 19.4 Å². The molecule has 84 valence electrons. The average molecular weight is 213 g/mol. The van der Waals surface area contributed by atoms with Gasteiger partial charge < -0.3 is 9.47 Å². The molecular formula is C9H15N3O3. The van der Waals surface area contributed by atoms with Crippen molar-refractivity contribution in [3.8, 4) is 0 Å². The first kappa shape index (κ1) is 13.5. The van der Waals surface area contributed by atoms with Gasteiger partial charge in [0, 0.05) is 17.6 Å². The third-order valence-electron chi connectivity index (χ3n) is 1.45. The summed E-state index contributed by atoms with van der Waals surface area (Å²) in [5, 5.41) is 3.33. The Balaban J connectivity index is 3.98. The second-order valence-electron chi connectivity index (χ2n) is 2.75. The van der Waals surface area contributed by atoms with Crippen molar-refractivity contribution in [3.63, 3.8) is 0 Å². The maximum absolute atomic E-state index is 10.9. The van der Waals surface area contributed by atoms with Crippen LogP contribution in [0.15, 0.2) is 17.8 Å². The second-order valence-corrected chi connectivity index (χ2v) is 2.75. The predicted octanol–water partition coefficient (Wildman–Crippen LogP) is 1.82. The van der Waals surface area contributed by atoms with Crippen LogP contribution in [-0.4, -0.2) is 31.8 Å². The van der Waals surface area contributed by atoms with Gasteiger partial charge in [0.25, 0.3) is 0 Å². The Morgan fingerprint density at radius 2 is 2.47 bits per heavy atom. The van der Waals surface area contributed by atoms with Gasteiger partial charge in [0.05, 0.1) is 13.2 Å². The summed E-state index contributed by atoms with van der Waals surface area (Å²) < 4.78 is 10.1. The lowest BCUT2D eigenvalue weighted by Gasteiger charge is -2.14. The first-order valence-corrected chi connectivity index (χ1v) is 4.66. The van der Waals surface area contributed by atoms with E-state index in [1.165, 1.54) is 0 Å². The van der Waals surface area contributed by atoms with Gasteiger partial charge in [-0.25, -0.2) is 4.79 Å². The first-order chi connectivity index (χ1) is 7.24. The molecule has 0 fully saturated rings. The number of hydrogen-bond donors (Lipinski definition) is 0. The maximum Gasteiger partial charge on any atom is 0.330 e. The van der Waals surface area contributed by atoms with Crippen molar-refractivity contribution >= 4 is 5.97 Å². The van der Waals surface area contributed by atoms with E-state index in [0.717, 1.165) is 12.5 Å². The highest BCUT2D eigenvalue weighted by Gasteiger charge is 2.11. The van der Waals surface area contributed by atoms with E-state index in [9.17, 15) is 4.79 Å². The smallest absolute Gasteiger partial charge is 0.330 e. The number of carbonyl (C=O) groups is 1. The Bertz CT molecular complexity index is 249. The molecule has 0 radical (unpaired) electrons. The fourth-order valence-corrected chi connectivity index (χ4v) is 0.823. The predicted molar refractivity (Wildman–Crippen MR) is 55.2 cm³/mol. The van der Waals surface area contributed by atoms with E-state index in [2.05, 4.69) is 16.6 Å². The summed E-state index contributed by atoms with van der Waals surface area (Å²) >= 11 is 0. The summed E-state index contributed by atoms with van der Waals surface area (Å²) in [6, 6.07) is 0. The number of esters is 1. The van der Waals surface area contributed by atoms with E-state index >= 15 is 0 Å². The van der Waals surface area contributed by atoms with E-state index < -0.39 is 12.1 Å². The Labute approximate surface area is 88.5 Å². The molecule has 0 aliphatic heterocycles. The molecule has 0 heterocycles. The molecule has 0 saturated carbocycles. The number of nitrogens with zero attached hydrogens (tertiary/aromatic N) is 3. The van der Waals surface area contributed by atoms with Crippen molar-refractivity contribution < 1.29 is 14.3 Å². The Kier molecular flexibility index (Phi) is 8.13. The lowest BCUT2D eigenvalue weighted by atomic mass is 10.4. The van der Waals surface area contributed by atoms with Crippen LogP contribution in [0, 0.1) is 0 Å². The number of ether oxygens (including phenoxy) is 2. The van der Waals surface area contributed by atoms with Crippen LogP contribution >= 0.6 is 0 Å². The monoisotopic (exact) mass is 213 g/mol. The molecule has 6 nitrogen and oxygen atoms in total. The topological polar surface area (TPSA) is 84.3 Å². The first-order valence-electron chi connectivity index (χ1n) is 4.66. The molecule has 0 saturated heterocycles. The van der Waals surface area contributed by atoms with E-state index in [4.69, 9.17) is 15.0 Å². The van der Waals surface area contributed by atoms with Gasteiger partial charge in [-0.1, -0.05) is 18.6 Å². The zero-order chi connectivity index (χ0) is 11.5. The van der Waals surface area contributed by atoms with Crippen LogP contribution in [-0.2, 0) is 14.3 Å². The van der Waals surface area contributed by atoms with E-state index in [1.54, 1.807) is 0 Å². The Morgan fingerprint density at radius 3 is 3.00 bits per heavy atom. The lowest BCUT2D eigenvalue weighted by Crippen LogP contribution is -2.25. The largest absolute Gasteiger partial charge is 0.457 e. The van der Waals surface area contributed by atoms with Gasteiger partial charge in [0.15, 0.2) is 0 Å². The van der Waals surface area contributed by atoms with Gasteiger partial charge in [-0.15, -0.1) is 0 Å². The number of rotatable bonds is 8. The summed E-state index contributed by atoms with van der Waals surface area (Å²) in [7, 11) is 0. The van der Waals surface area contributed by atoms with Crippen molar-refractivity contribution in [3.05, 3.63) is 23.1 Å². The minimum atomic E-state index is -0.548. The lowest BCUT2D eigenvalue weighted by molar-refractivity contribution is -0.145. The molecule has 1 unspecified atom stereocenters. The number of carbonyl (C=O) groups excluding carboxylic acids is 1. The molecule has 1 atom stereocenters. The van der Waals surface area contributed by atoms with Gasteiger partial charge >= 0.3 is 5.97 Å². The van der Waals surface area contributed by atoms with Crippen molar-refractivity contribution in [2.24, 2.45) is 5.11 Å². The molecule has 15 heavy (non-hydrogen) atoms. The Hall–Kier alpha value is -1.52. The maximum atomic E-state index is 10.9. The molecule has 0 aliphatic carbocycles. The molecule has 0 N–H and O–H groups in total. The molecule has 0 amide bonds. The van der Waals surface area contributed by atoms with Crippen LogP contribution in [0.4, 0.5) is 0 Å². The van der Waals surface area contributed by atoms with Crippen LogP contribution in [0.25, 0.3) is 10.4 Å². The van der Waals surface area contributed by atoms with Crippen molar-refractivity contribution in [1.82, 2.24) is 0 Å². The normalized spacial score (nSPS) is 11.3. The zero-order valence-electron chi connectivity index (χ0n) is 8.76. The Morgan fingerprint density at radius 1 is 1.73 bits per heavy atom. The fraction of sp³-hybridized carbons (Fsp3) is 0.667. The number of hydrogen-bond acceptors (Lipinski definition) is 4. The average Bonchev–Trinajstić information content (AvgIpc) is 2.25. The number of azide groups is 1. The standard InChI is InChI=1S/C9H15N3O3/c1-3-5-14-7-8(6-11-12-10)15-9(13)4-2/h4,8H,2-3,5-7H2,1H3. The summed E-state index contributed by atoms with van der Waals surface area (Å²) in [5.74, 6) is -0.548. The molecule has 0 spiro atoms. The minimum absolute atomic E-state index is 0.0692. The van der Waals surface area contributed by atoms with Crippen LogP contribution in [0.2, 0.25) is 0 Å². The van der Waals surface area contributed by atoms with E-state index in [0.29, 0.717) is 6.61 Å². The molecule has 0 rings (SSSR count). The highest BCUT2D eigenvalue weighted by atomic mass is 16.6. The summed E-state index contributed by atoms with van der Waals surface area (Å²) in [6.07, 6.45) is 1.39. The fourth-order valence-electron chi connectivity index (χ4n) is 0.823. The molecule has 0 bridgehead atoms. The van der Waals surface area contributed by atoms with Crippen LogP contribution in [0.3, 0.4) is 0 Å². The van der Waals surface area contributed by atoms with Gasteiger partial charge in [-0.05, 0) is 12.0 Å². The van der Waals surface area contributed by atoms with Crippen molar-refractivity contribution in [2.75, 3.05) is 19.8 Å². The zero-order valence-corrected chi connectivity index (χ0v) is 8.76. The molecule has 6 heteroatoms. The van der Waals surface area contributed by atoms with Crippen LogP contribution < -0.4 is 0 Å². The quantitative estimate of drug-likeness (QED) is 0.154. The summed E-state index contributed by atoms with van der Waals surface area (Å²) in [6.45, 7) is 6.12. The third kappa shape index (κ3) is 7.54. The molecule has 0 aromatic carbocycles. The van der Waals surface area contributed by atoms with Crippen LogP contribution in [0.5, 0.6) is 0 Å². The summed E-state index contributed by atoms with van der Waals surface area (Å²) in [5.41, 5.74) is 8.13. The highest BCUT2D eigenvalue weighted by Crippen LogP contribution is 1.97. The van der Waals surface area contributed by atoms with Gasteiger partial charge in [0.2, 0.25) is 0 Å². The second kappa shape index (κ2) is 9.05. The van der Waals surface area contributed by atoms with Gasteiger partial charge in [0.1, 0.15) is 6.10 Å². The molecule has 0 aromatic heterocycles. The van der Waals surface area contributed by atoms with Gasteiger partial charge in [-0.2, -0.15) is 0 Å². The van der Waals surface area contributed by atoms with E-state index in [-0.39, 0.29) is 13.2 Å². The molecule has 0 aliphatic rings. The van der Waals surface area contributed by atoms with Gasteiger partial charge in [-0.3, -0.25) is 0 Å². The SMILES string of the molecule is C=CC(=O)OC(CN=[N+]=[N-])COCCC. The van der Waals surface area contributed by atoms with Crippen LogP contribution in [0.1, 0.15) is 13.3 Å². The minimum Gasteiger partial charge on any atom is -0.457 e. The highest BCUT2D eigenvalue weighted by molar-refractivity contribution is 5.81. The summed E-state index contributed by atoms with van der Waals surface area (Å²) in [4.78, 5) is 13.5. The third-order valence-corrected chi connectivity index (χ3v) is 1.45. The molecular weight excluding hydrogens is 198 g/mol. The molecule has 0 aromatic rings. The van der Waals surface area contributed by atoms with Crippen molar-refractivity contribution in [1.29, 1.82) is 0 Å². The van der Waals surface area contributed by atoms with E-state index in [1.807, 2.05) is 6.92 Å².